The summed E-state index contributed by atoms with van der Waals surface area (Å²) in [5.41, 5.74) is 2.18. The highest BCUT2D eigenvalue weighted by molar-refractivity contribution is 7.93. The van der Waals surface area contributed by atoms with Gasteiger partial charge >= 0.3 is 0 Å². The summed E-state index contributed by atoms with van der Waals surface area (Å²) in [5, 5.41) is 30.0. The molecule has 8 nitrogen and oxygen atoms in total. The van der Waals surface area contributed by atoms with Crippen molar-refractivity contribution in [3.63, 3.8) is 0 Å². The van der Waals surface area contributed by atoms with Crippen molar-refractivity contribution in [3.8, 4) is 17.4 Å². The lowest BCUT2D eigenvalue weighted by Gasteiger charge is -2.24. The largest absolute Gasteiger partial charge is 0.456 e. The van der Waals surface area contributed by atoms with Crippen molar-refractivity contribution in [2.24, 2.45) is 0 Å². The Kier molecular flexibility index (Phi) is 9.29. The van der Waals surface area contributed by atoms with Crippen LogP contribution in [0.3, 0.4) is 0 Å². The summed E-state index contributed by atoms with van der Waals surface area (Å²) in [6.07, 6.45) is 0.906. The van der Waals surface area contributed by atoms with E-state index in [0.717, 1.165) is 42.3 Å². The molecule has 1 unspecified atom stereocenters. The van der Waals surface area contributed by atoms with Gasteiger partial charge in [-0.05, 0) is 60.9 Å². The highest BCUT2D eigenvalue weighted by atomic mass is 32.2. The molecule has 0 spiro atoms. The Bertz CT molecular complexity index is 1370. The molecular weight excluding hydrogens is 478 g/mol. The summed E-state index contributed by atoms with van der Waals surface area (Å²) in [5.74, 6) is 0.798. The number of hydrogen-bond acceptors (Lipinski definition) is 7. The summed E-state index contributed by atoms with van der Waals surface area (Å²) >= 11 is 0. The van der Waals surface area contributed by atoms with Crippen LogP contribution in [0.2, 0.25) is 0 Å². The molecule has 0 amide bonds. The van der Waals surface area contributed by atoms with Crippen molar-refractivity contribution in [1.29, 1.82) is 5.26 Å². The predicted octanol–water partition coefficient (Wildman–Crippen LogP) is 4.25. The van der Waals surface area contributed by atoms with Crippen LogP contribution in [0.4, 0.5) is 5.69 Å². The van der Waals surface area contributed by atoms with Gasteiger partial charge < -0.3 is 19.5 Å². The number of rotatable bonds is 12. The molecule has 1 heterocycles. The van der Waals surface area contributed by atoms with E-state index in [9.17, 15) is 18.8 Å². The highest BCUT2D eigenvalue weighted by Gasteiger charge is 2.23. The van der Waals surface area contributed by atoms with E-state index in [1.807, 2.05) is 18.2 Å². The van der Waals surface area contributed by atoms with Crippen LogP contribution in [-0.4, -0.2) is 51.0 Å². The molecule has 0 saturated carbocycles. The number of furan rings is 1. The quantitative estimate of drug-likeness (QED) is 0.310. The average Bonchev–Trinajstić information content (AvgIpc) is 3.37. The van der Waals surface area contributed by atoms with Crippen LogP contribution < -0.4 is 9.62 Å². The number of nitriles is 1. The number of fused-ring (bicyclic) bond motifs is 1. The molecule has 0 fully saturated rings. The molecule has 0 aliphatic heterocycles. The minimum Gasteiger partial charge on any atom is -0.456 e. The Hall–Kier alpha value is -3.16. The van der Waals surface area contributed by atoms with Crippen molar-refractivity contribution >= 4 is 32.1 Å². The van der Waals surface area contributed by atoms with E-state index in [0.29, 0.717) is 5.76 Å². The fraction of sp³-hybridized carbons (Fsp3) is 0.370. The SMILES string of the molecule is CCCN(CCC)c1ccc2cc(-c3ccc(/C(C)=C(\C#N)S(=O)(=O)NCC(O)CO)o3)ccc2c1. The van der Waals surface area contributed by atoms with E-state index in [-0.39, 0.29) is 11.3 Å². The Morgan fingerprint density at radius 1 is 1.08 bits per heavy atom. The maximum atomic E-state index is 12.5. The number of sulfonamides is 1. The van der Waals surface area contributed by atoms with E-state index < -0.39 is 34.2 Å². The summed E-state index contributed by atoms with van der Waals surface area (Å²) in [6.45, 7) is 6.86. The molecule has 1 atom stereocenters. The van der Waals surface area contributed by atoms with Gasteiger partial charge in [0.15, 0.2) is 4.91 Å². The van der Waals surface area contributed by atoms with Crippen molar-refractivity contribution in [2.75, 3.05) is 31.1 Å². The van der Waals surface area contributed by atoms with Gasteiger partial charge in [-0.2, -0.15) is 5.26 Å². The molecule has 0 bridgehead atoms. The smallest absolute Gasteiger partial charge is 0.251 e. The Labute approximate surface area is 212 Å². The number of nitrogens with zero attached hydrogens (tertiary/aromatic N) is 2. The fourth-order valence-corrected chi connectivity index (χ4v) is 5.17. The minimum atomic E-state index is -4.20. The summed E-state index contributed by atoms with van der Waals surface area (Å²) in [7, 11) is -4.20. The van der Waals surface area contributed by atoms with Gasteiger partial charge in [-0.1, -0.05) is 32.0 Å². The second-order valence-electron chi connectivity index (χ2n) is 8.65. The molecule has 36 heavy (non-hydrogen) atoms. The minimum absolute atomic E-state index is 0.145. The Morgan fingerprint density at radius 2 is 1.75 bits per heavy atom. The number of aliphatic hydroxyl groups is 2. The first kappa shape index (κ1) is 27.4. The zero-order valence-corrected chi connectivity index (χ0v) is 21.7. The summed E-state index contributed by atoms with van der Waals surface area (Å²) in [4.78, 5) is 1.88. The van der Waals surface area contributed by atoms with Crippen LogP contribution >= 0.6 is 0 Å². The normalized spacial score (nSPS) is 13.3. The maximum Gasteiger partial charge on any atom is 0.251 e. The number of nitrogens with one attached hydrogen (secondary N) is 1. The standard InChI is InChI=1S/C27H33N3O5S/c1-4-12-30(13-5-2)23-9-8-20-14-22(7-6-21(20)15-23)26-11-10-25(35-26)19(3)27(16-28)36(33,34)29-17-24(32)18-31/h6-11,14-15,24,29,31-32H,4-5,12-13,17-18H2,1-3H3/b27-19+. The zero-order chi connectivity index (χ0) is 26.3. The van der Waals surface area contributed by atoms with E-state index in [1.54, 1.807) is 18.2 Å². The van der Waals surface area contributed by atoms with E-state index in [2.05, 4.69) is 41.7 Å². The second-order valence-corrected chi connectivity index (χ2v) is 10.4. The first-order valence-electron chi connectivity index (χ1n) is 12.0. The van der Waals surface area contributed by atoms with Gasteiger partial charge in [-0.15, -0.1) is 0 Å². The fourth-order valence-electron chi connectivity index (χ4n) is 3.99. The second kappa shape index (κ2) is 12.2. The van der Waals surface area contributed by atoms with Crippen molar-refractivity contribution in [1.82, 2.24) is 4.72 Å². The lowest BCUT2D eigenvalue weighted by atomic mass is 10.0. The van der Waals surface area contributed by atoms with E-state index in [1.165, 1.54) is 12.6 Å². The molecule has 0 radical (unpaired) electrons. The monoisotopic (exact) mass is 511 g/mol. The van der Waals surface area contributed by atoms with Crippen LogP contribution in [0.5, 0.6) is 0 Å². The number of benzene rings is 2. The molecule has 192 valence electrons. The third kappa shape index (κ3) is 6.33. The van der Waals surface area contributed by atoms with Crippen LogP contribution in [0.1, 0.15) is 39.4 Å². The van der Waals surface area contributed by atoms with Gasteiger partial charge in [0.1, 0.15) is 17.6 Å². The van der Waals surface area contributed by atoms with Crippen LogP contribution in [-0.2, 0) is 10.0 Å². The molecule has 3 aromatic rings. The van der Waals surface area contributed by atoms with E-state index in [4.69, 9.17) is 9.52 Å². The van der Waals surface area contributed by atoms with Crippen LogP contribution in [0, 0.1) is 11.3 Å². The van der Waals surface area contributed by atoms with Gasteiger partial charge in [0, 0.05) is 36.5 Å². The third-order valence-electron chi connectivity index (χ3n) is 5.87. The first-order valence-corrected chi connectivity index (χ1v) is 13.5. The van der Waals surface area contributed by atoms with Crippen molar-refractivity contribution < 1.29 is 23.0 Å². The lowest BCUT2D eigenvalue weighted by Crippen LogP contribution is -2.34. The molecule has 3 rings (SSSR count). The van der Waals surface area contributed by atoms with Crippen molar-refractivity contribution in [2.45, 2.75) is 39.7 Å². The number of aliphatic hydroxyl groups excluding tert-OH is 2. The predicted molar refractivity (Wildman–Crippen MR) is 143 cm³/mol. The first-order chi connectivity index (χ1) is 17.2. The summed E-state index contributed by atoms with van der Waals surface area (Å²) < 4.78 is 33.2. The van der Waals surface area contributed by atoms with Crippen molar-refractivity contribution in [3.05, 3.63) is 59.2 Å². The molecule has 9 heteroatoms. The maximum absolute atomic E-state index is 12.5. The van der Waals surface area contributed by atoms with Gasteiger partial charge in [0.2, 0.25) is 0 Å². The number of anilines is 1. The van der Waals surface area contributed by atoms with E-state index >= 15 is 0 Å². The molecular formula is C27H33N3O5S. The molecule has 1 aromatic heterocycles. The molecule has 0 aliphatic carbocycles. The van der Waals surface area contributed by atoms with Gasteiger partial charge in [-0.25, -0.2) is 13.1 Å². The molecule has 3 N–H and O–H groups in total. The Morgan fingerprint density at radius 3 is 2.39 bits per heavy atom. The van der Waals surface area contributed by atoms with Gasteiger partial charge in [0.05, 0.1) is 12.7 Å². The zero-order valence-electron chi connectivity index (χ0n) is 20.9. The summed E-state index contributed by atoms with van der Waals surface area (Å²) in [6, 6.07) is 17.5. The molecule has 0 aliphatic rings. The number of allylic oxidation sites excluding steroid dienone is 2. The lowest BCUT2D eigenvalue weighted by molar-refractivity contribution is 0.0989. The topological polar surface area (TPSA) is 127 Å². The third-order valence-corrected chi connectivity index (χ3v) is 7.35. The van der Waals surface area contributed by atoms with Crippen LogP contribution in [0.15, 0.2) is 57.9 Å². The highest BCUT2D eigenvalue weighted by Crippen LogP contribution is 2.31. The molecule has 2 aromatic carbocycles. The Balaban J connectivity index is 1.89. The number of hydrogen-bond donors (Lipinski definition) is 3. The molecule has 0 saturated heterocycles. The van der Waals surface area contributed by atoms with Gasteiger partial charge in [-0.3, -0.25) is 0 Å². The van der Waals surface area contributed by atoms with Gasteiger partial charge in [0.25, 0.3) is 10.0 Å². The average molecular weight is 512 g/mol. The van der Waals surface area contributed by atoms with Crippen LogP contribution in [0.25, 0.3) is 27.7 Å².